The lowest BCUT2D eigenvalue weighted by atomic mass is 10.1. The van der Waals surface area contributed by atoms with Crippen molar-refractivity contribution in [1.82, 2.24) is 10.4 Å². The number of carbonyl (C=O) groups is 1. The maximum absolute atomic E-state index is 12.5. The molecule has 1 fully saturated rings. The molecule has 0 spiro atoms. The van der Waals surface area contributed by atoms with Crippen LogP contribution in [0.15, 0.2) is 67.8 Å². The smallest absolute Gasteiger partial charge is 0.257 e. The SMILES string of the molecule is COc1ccc(/C=N/NC(=O)[C@H]2[C@H](C=C(Cl)Cl)C2(C)C)cc1CSc1nc2ccccc2o1. The van der Waals surface area contributed by atoms with E-state index in [9.17, 15) is 4.79 Å². The highest BCUT2D eigenvalue weighted by molar-refractivity contribution is 7.98. The number of oxazole rings is 1. The van der Waals surface area contributed by atoms with Crippen molar-refractivity contribution in [3.8, 4) is 5.75 Å². The van der Waals surface area contributed by atoms with E-state index in [0.717, 1.165) is 28.0 Å². The lowest BCUT2D eigenvalue weighted by Gasteiger charge is -2.08. The number of hydrogen-bond donors (Lipinski definition) is 1. The first kappa shape index (κ1) is 23.7. The van der Waals surface area contributed by atoms with Crippen LogP contribution in [0.4, 0.5) is 0 Å². The van der Waals surface area contributed by atoms with Crippen molar-refractivity contribution in [3.05, 3.63) is 64.2 Å². The molecule has 0 unspecified atom stereocenters. The van der Waals surface area contributed by atoms with Gasteiger partial charge in [-0.05, 0) is 53.3 Å². The summed E-state index contributed by atoms with van der Waals surface area (Å²) in [4.78, 5) is 17.0. The molecule has 1 aromatic heterocycles. The summed E-state index contributed by atoms with van der Waals surface area (Å²) in [5.74, 6) is 0.975. The molecule has 172 valence electrons. The minimum Gasteiger partial charge on any atom is -0.496 e. The molecule has 9 heteroatoms. The lowest BCUT2D eigenvalue weighted by molar-refractivity contribution is -0.123. The number of fused-ring (bicyclic) bond motifs is 1. The first-order valence-corrected chi connectivity index (χ1v) is 12.0. The van der Waals surface area contributed by atoms with Crippen molar-refractivity contribution in [3.63, 3.8) is 0 Å². The largest absolute Gasteiger partial charge is 0.496 e. The zero-order valence-corrected chi connectivity index (χ0v) is 20.7. The van der Waals surface area contributed by atoms with Crippen LogP contribution in [-0.4, -0.2) is 24.2 Å². The quantitative estimate of drug-likeness (QED) is 0.226. The second kappa shape index (κ2) is 9.79. The Balaban J connectivity index is 1.40. The molecule has 1 aliphatic rings. The molecule has 0 bridgehead atoms. The van der Waals surface area contributed by atoms with Gasteiger partial charge in [-0.2, -0.15) is 5.10 Å². The van der Waals surface area contributed by atoms with Gasteiger partial charge in [0.25, 0.3) is 5.22 Å². The number of rotatable bonds is 8. The monoisotopic (exact) mass is 503 g/mol. The summed E-state index contributed by atoms with van der Waals surface area (Å²) in [5, 5.41) is 4.73. The van der Waals surface area contributed by atoms with Gasteiger partial charge in [-0.15, -0.1) is 0 Å². The summed E-state index contributed by atoms with van der Waals surface area (Å²) in [6, 6.07) is 13.4. The number of ether oxygens (including phenoxy) is 1. The van der Waals surface area contributed by atoms with Crippen molar-refractivity contribution in [2.24, 2.45) is 22.4 Å². The van der Waals surface area contributed by atoms with E-state index >= 15 is 0 Å². The standard InChI is InChI=1S/C24H23Cl2N3O3S/c1-24(2)16(11-20(25)26)21(24)22(30)29-27-12-14-8-9-18(31-3)15(10-14)13-33-23-28-17-6-4-5-7-19(17)32-23/h4-12,16,21H,13H2,1-3H3,(H,29,30)/b27-12+/t16-,21+/m0/s1. The third-order valence-corrected chi connectivity index (χ3v) is 6.95. The molecule has 2 aromatic carbocycles. The van der Waals surface area contributed by atoms with Crippen molar-refractivity contribution in [2.45, 2.75) is 24.8 Å². The zero-order chi connectivity index (χ0) is 23.6. The first-order valence-electron chi connectivity index (χ1n) is 10.3. The zero-order valence-electron chi connectivity index (χ0n) is 18.3. The predicted octanol–water partition coefficient (Wildman–Crippen LogP) is 6.17. The first-order chi connectivity index (χ1) is 15.8. The average molecular weight is 504 g/mol. The molecule has 1 N–H and O–H groups in total. The Kier molecular flexibility index (Phi) is 7.02. The molecule has 1 aliphatic carbocycles. The predicted molar refractivity (Wildman–Crippen MR) is 133 cm³/mol. The summed E-state index contributed by atoms with van der Waals surface area (Å²) in [5.41, 5.74) is 5.80. The highest BCUT2D eigenvalue weighted by Crippen LogP contribution is 2.59. The van der Waals surface area contributed by atoms with Crippen LogP contribution < -0.4 is 10.2 Å². The van der Waals surface area contributed by atoms with Gasteiger partial charge < -0.3 is 9.15 Å². The van der Waals surface area contributed by atoms with Crippen molar-refractivity contribution in [1.29, 1.82) is 0 Å². The topological polar surface area (TPSA) is 76.7 Å². The summed E-state index contributed by atoms with van der Waals surface area (Å²) in [6.07, 6.45) is 3.32. The van der Waals surface area contributed by atoms with E-state index in [2.05, 4.69) is 15.5 Å². The molecule has 0 aliphatic heterocycles. The number of aromatic nitrogens is 1. The van der Waals surface area contributed by atoms with Crippen molar-refractivity contribution >= 4 is 58.2 Å². The Morgan fingerprint density at radius 3 is 2.82 bits per heavy atom. The number of nitrogens with zero attached hydrogens (tertiary/aromatic N) is 2. The number of carbonyl (C=O) groups excluding carboxylic acids is 1. The maximum atomic E-state index is 12.5. The van der Waals surface area contributed by atoms with Crippen LogP contribution in [-0.2, 0) is 10.5 Å². The molecule has 1 heterocycles. The van der Waals surface area contributed by atoms with Gasteiger partial charge >= 0.3 is 0 Å². The fourth-order valence-corrected chi connectivity index (χ4v) is 5.00. The molecule has 0 saturated heterocycles. The number of thioether (sulfide) groups is 1. The van der Waals surface area contributed by atoms with Crippen molar-refractivity contribution < 1.29 is 13.9 Å². The Hall–Kier alpha value is -2.48. The highest BCUT2D eigenvalue weighted by Gasteiger charge is 2.60. The van der Waals surface area contributed by atoms with Gasteiger partial charge in [0.05, 0.1) is 19.2 Å². The number of methoxy groups -OCH3 is 1. The lowest BCUT2D eigenvalue weighted by Crippen LogP contribution is -2.21. The number of nitrogens with one attached hydrogen (secondary N) is 1. The number of allylic oxidation sites excluding steroid dienone is 1. The molecule has 0 radical (unpaired) electrons. The summed E-state index contributed by atoms with van der Waals surface area (Å²) < 4.78 is 11.4. The Morgan fingerprint density at radius 2 is 2.09 bits per heavy atom. The van der Waals surface area contributed by atoms with Crippen LogP contribution in [0, 0.1) is 17.3 Å². The fourth-order valence-electron chi connectivity index (χ4n) is 3.91. The fraction of sp³-hybridized carbons (Fsp3) is 0.292. The average Bonchev–Trinajstić information content (AvgIpc) is 3.11. The third kappa shape index (κ3) is 5.37. The molecule has 33 heavy (non-hydrogen) atoms. The van der Waals surface area contributed by atoms with Gasteiger partial charge in [0, 0.05) is 11.3 Å². The Bertz CT molecular complexity index is 1200. The third-order valence-electron chi connectivity index (χ3n) is 5.82. The van der Waals surface area contributed by atoms with E-state index in [4.69, 9.17) is 32.4 Å². The molecule has 1 amide bonds. The van der Waals surface area contributed by atoms with Crippen LogP contribution in [0.5, 0.6) is 5.75 Å². The van der Waals surface area contributed by atoms with Gasteiger partial charge in [0.2, 0.25) is 5.91 Å². The van der Waals surface area contributed by atoms with E-state index < -0.39 is 0 Å². The van der Waals surface area contributed by atoms with Crippen LogP contribution in [0.1, 0.15) is 25.0 Å². The number of benzene rings is 2. The van der Waals surface area contributed by atoms with Crippen LogP contribution in [0.2, 0.25) is 0 Å². The van der Waals surface area contributed by atoms with E-state index in [0.29, 0.717) is 11.0 Å². The molecular formula is C24H23Cl2N3O3S. The minimum atomic E-state index is -0.221. The Labute approximate surface area is 206 Å². The van der Waals surface area contributed by atoms with Gasteiger partial charge in [0.15, 0.2) is 5.58 Å². The van der Waals surface area contributed by atoms with Gasteiger partial charge in [-0.25, -0.2) is 10.4 Å². The van der Waals surface area contributed by atoms with Crippen LogP contribution in [0.3, 0.4) is 0 Å². The minimum absolute atomic E-state index is 0.00540. The number of para-hydroxylation sites is 2. The number of hydrogen-bond acceptors (Lipinski definition) is 6. The second-order valence-corrected chi connectivity index (χ2v) is 10.3. The summed E-state index contributed by atoms with van der Waals surface area (Å²) >= 11 is 13.0. The molecule has 6 nitrogen and oxygen atoms in total. The van der Waals surface area contributed by atoms with E-state index in [1.807, 2.05) is 56.3 Å². The molecule has 3 aromatic rings. The molecular weight excluding hydrogens is 481 g/mol. The maximum Gasteiger partial charge on any atom is 0.257 e. The van der Waals surface area contributed by atoms with Crippen LogP contribution in [0.25, 0.3) is 11.1 Å². The van der Waals surface area contributed by atoms with Gasteiger partial charge in [0.1, 0.15) is 15.8 Å². The summed E-state index contributed by atoms with van der Waals surface area (Å²) in [7, 11) is 1.63. The highest BCUT2D eigenvalue weighted by atomic mass is 35.5. The normalized spacial score (nSPS) is 18.9. The molecule has 1 saturated carbocycles. The van der Waals surface area contributed by atoms with Crippen molar-refractivity contribution in [2.75, 3.05) is 7.11 Å². The molecule has 4 rings (SSSR count). The second-order valence-electron chi connectivity index (χ2n) is 8.32. The Morgan fingerprint density at radius 1 is 1.30 bits per heavy atom. The number of amides is 1. The van der Waals surface area contributed by atoms with E-state index in [1.54, 1.807) is 19.4 Å². The number of halogens is 2. The van der Waals surface area contributed by atoms with E-state index in [1.165, 1.54) is 11.8 Å². The molecule has 2 atom stereocenters. The van der Waals surface area contributed by atoms with Gasteiger partial charge in [-0.3, -0.25) is 4.79 Å². The number of hydrazone groups is 1. The summed E-state index contributed by atoms with van der Waals surface area (Å²) in [6.45, 7) is 4.01. The van der Waals surface area contributed by atoms with Gasteiger partial charge in [-0.1, -0.05) is 60.9 Å². The van der Waals surface area contributed by atoms with E-state index in [-0.39, 0.29) is 27.6 Å². The van der Waals surface area contributed by atoms with Crippen LogP contribution >= 0.6 is 35.0 Å².